The van der Waals surface area contributed by atoms with E-state index in [1.807, 2.05) is 35.1 Å². The van der Waals surface area contributed by atoms with Gasteiger partial charge in [0.05, 0.1) is 42.3 Å². The summed E-state index contributed by atoms with van der Waals surface area (Å²) < 4.78 is 39.0. The Morgan fingerprint density at radius 3 is 2.54 bits per heavy atom. The maximum Gasteiger partial charge on any atom is 0.283 e. The molecule has 0 bridgehead atoms. The molecular weight excluding hydrogens is 494 g/mol. The lowest BCUT2D eigenvalue weighted by Crippen LogP contribution is -2.53. The van der Waals surface area contributed by atoms with Crippen LogP contribution in [0.25, 0.3) is 16.7 Å². The van der Waals surface area contributed by atoms with E-state index in [0.717, 1.165) is 42.3 Å². The molecule has 37 heavy (non-hydrogen) atoms. The van der Waals surface area contributed by atoms with Gasteiger partial charge in [-0.05, 0) is 38.8 Å². The van der Waals surface area contributed by atoms with Crippen molar-refractivity contribution in [1.82, 2.24) is 24.4 Å². The first-order valence-corrected chi connectivity index (χ1v) is 14.6. The normalized spacial score (nSPS) is 16.7. The Morgan fingerprint density at radius 2 is 1.97 bits per heavy atom. The number of benzene rings is 1. The Morgan fingerprint density at radius 1 is 1.24 bits per heavy atom. The number of carbonyl (C=O) groups excluding carboxylic acids is 1. The summed E-state index contributed by atoms with van der Waals surface area (Å²) in [6.07, 6.45) is 4.13. The molecule has 0 atom stereocenters. The maximum atomic E-state index is 12.9. The molecule has 0 unspecified atom stereocenters. The van der Waals surface area contributed by atoms with Crippen molar-refractivity contribution in [3.05, 3.63) is 47.8 Å². The van der Waals surface area contributed by atoms with Gasteiger partial charge in [0.15, 0.2) is 5.65 Å². The van der Waals surface area contributed by atoms with Crippen LogP contribution in [-0.4, -0.2) is 78.7 Å². The van der Waals surface area contributed by atoms with Crippen LogP contribution in [0.15, 0.2) is 36.4 Å². The van der Waals surface area contributed by atoms with Gasteiger partial charge in [-0.15, -0.1) is 0 Å². The molecule has 1 aromatic carbocycles. The number of pyridine rings is 1. The van der Waals surface area contributed by atoms with E-state index in [-0.39, 0.29) is 11.6 Å². The number of nitrogens with one attached hydrogen (secondary N) is 1. The highest BCUT2D eigenvalue weighted by molar-refractivity contribution is 7.89. The third-order valence-corrected chi connectivity index (χ3v) is 7.55. The van der Waals surface area contributed by atoms with Gasteiger partial charge in [-0.25, -0.2) is 22.8 Å². The molecule has 3 aromatic rings. The van der Waals surface area contributed by atoms with E-state index in [9.17, 15) is 13.2 Å². The largest absolute Gasteiger partial charge is 0.491 e. The van der Waals surface area contributed by atoms with E-state index in [4.69, 9.17) is 14.6 Å². The zero-order valence-electron chi connectivity index (χ0n) is 21.4. The van der Waals surface area contributed by atoms with Gasteiger partial charge in [0.25, 0.3) is 5.91 Å². The molecule has 1 aliphatic carbocycles. The fourth-order valence-electron chi connectivity index (χ4n) is 4.81. The SMILES string of the molecule is CC(C)N(CCOc1cc(C(=O)NS(C)(=O)=O)nc2c1c(C1CCC1)nn2-c1ccccc1)C1COC1. The molecule has 1 saturated heterocycles. The second-order valence-corrected chi connectivity index (χ2v) is 11.8. The van der Waals surface area contributed by atoms with E-state index in [1.54, 1.807) is 4.68 Å². The van der Waals surface area contributed by atoms with Gasteiger partial charge in [-0.2, -0.15) is 5.10 Å². The summed E-state index contributed by atoms with van der Waals surface area (Å²) in [6, 6.07) is 11.8. The van der Waals surface area contributed by atoms with Crippen LogP contribution < -0.4 is 9.46 Å². The fraction of sp³-hybridized carbons (Fsp3) is 0.500. The van der Waals surface area contributed by atoms with Crippen molar-refractivity contribution in [1.29, 1.82) is 0 Å². The highest BCUT2D eigenvalue weighted by Gasteiger charge is 2.31. The van der Waals surface area contributed by atoms with Crippen molar-refractivity contribution >= 4 is 27.0 Å². The molecule has 11 heteroatoms. The minimum Gasteiger partial charge on any atom is -0.491 e. The Hall–Kier alpha value is -3.02. The number of para-hydroxylation sites is 1. The molecule has 1 aliphatic heterocycles. The van der Waals surface area contributed by atoms with E-state index in [0.29, 0.717) is 49.8 Å². The van der Waals surface area contributed by atoms with Crippen LogP contribution >= 0.6 is 0 Å². The minimum absolute atomic E-state index is 0.0433. The first kappa shape index (κ1) is 25.6. The smallest absolute Gasteiger partial charge is 0.283 e. The van der Waals surface area contributed by atoms with Crippen LogP contribution in [0.5, 0.6) is 5.75 Å². The van der Waals surface area contributed by atoms with Gasteiger partial charge < -0.3 is 9.47 Å². The van der Waals surface area contributed by atoms with Crippen LogP contribution in [0, 0.1) is 0 Å². The maximum absolute atomic E-state index is 12.9. The van der Waals surface area contributed by atoms with Gasteiger partial charge in [0.2, 0.25) is 10.0 Å². The number of hydrogen-bond acceptors (Lipinski definition) is 8. The highest BCUT2D eigenvalue weighted by atomic mass is 32.2. The van der Waals surface area contributed by atoms with Crippen LogP contribution in [0.1, 0.15) is 55.2 Å². The predicted octanol–water partition coefficient (Wildman–Crippen LogP) is 2.87. The molecule has 10 nitrogen and oxygen atoms in total. The summed E-state index contributed by atoms with van der Waals surface area (Å²) in [6.45, 7) is 6.80. The van der Waals surface area contributed by atoms with Crippen molar-refractivity contribution in [3.8, 4) is 11.4 Å². The standard InChI is InChI=1S/C26H33N5O5S/c1-17(2)30(20-15-35-16-20)12-13-36-22-14-21(26(32)29-37(3,33)34)27-25-23(22)24(18-8-7-9-18)28-31(25)19-10-5-4-6-11-19/h4-6,10-11,14,17-18,20H,7-9,12-13,15-16H2,1-3H3,(H,29,32). The molecule has 1 amide bonds. The summed E-state index contributed by atoms with van der Waals surface area (Å²) in [5.74, 6) is -0.0384. The third-order valence-electron chi connectivity index (χ3n) is 6.99. The van der Waals surface area contributed by atoms with Crippen LogP contribution in [0.4, 0.5) is 0 Å². The van der Waals surface area contributed by atoms with Crippen molar-refractivity contribution in [2.75, 3.05) is 32.6 Å². The number of rotatable bonds is 10. The Labute approximate surface area is 217 Å². The second kappa shape index (κ2) is 10.4. The van der Waals surface area contributed by atoms with E-state index in [1.165, 1.54) is 6.07 Å². The van der Waals surface area contributed by atoms with Crippen molar-refractivity contribution in [3.63, 3.8) is 0 Å². The van der Waals surface area contributed by atoms with Gasteiger partial charge in [0.1, 0.15) is 18.1 Å². The fourth-order valence-corrected chi connectivity index (χ4v) is 5.25. The quantitative estimate of drug-likeness (QED) is 0.428. The van der Waals surface area contributed by atoms with Gasteiger partial charge in [-0.3, -0.25) is 9.69 Å². The molecule has 1 saturated carbocycles. The van der Waals surface area contributed by atoms with Gasteiger partial charge in [-0.1, -0.05) is 24.6 Å². The lowest BCUT2D eigenvalue weighted by Gasteiger charge is -2.39. The van der Waals surface area contributed by atoms with Crippen molar-refractivity contribution in [2.24, 2.45) is 0 Å². The molecule has 1 N–H and O–H groups in total. The zero-order chi connectivity index (χ0) is 26.2. The molecule has 2 fully saturated rings. The van der Waals surface area contributed by atoms with E-state index >= 15 is 0 Å². The van der Waals surface area contributed by atoms with Crippen LogP contribution in [-0.2, 0) is 14.8 Å². The Kier molecular flexibility index (Phi) is 7.19. The van der Waals surface area contributed by atoms with Gasteiger partial charge >= 0.3 is 0 Å². The number of nitrogens with zero attached hydrogens (tertiary/aromatic N) is 4. The summed E-state index contributed by atoms with van der Waals surface area (Å²) >= 11 is 0. The number of ether oxygens (including phenoxy) is 2. The van der Waals surface area contributed by atoms with Gasteiger partial charge in [0, 0.05) is 24.6 Å². The molecule has 5 rings (SSSR count). The molecule has 0 spiro atoms. The zero-order valence-corrected chi connectivity index (χ0v) is 22.2. The average Bonchev–Trinajstić information content (AvgIpc) is 3.14. The first-order valence-electron chi connectivity index (χ1n) is 12.7. The Bertz CT molecular complexity index is 1380. The highest BCUT2D eigenvalue weighted by Crippen LogP contribution is 2.42. The van der Waals surface area contributed by atoms with Crippen LogP contribution in [0.3, 0.4) is 0 Å². The van der Waals surface area contributed by atoms with Crippen LogP contribution in [0.2, 0.25) is 0 Å². The number of amides is 1. The third kappa shape index (κ3) is 5.48. The summed E-state index contributed by atoms with van der Waals surface area (Å²) in [7, 11) is -3.77. The Balaban J connectivity index is 1.57. The predicted molar refractivity (Wildman–Crippen MR) is 140 cm³/mol. The molecule has 2 aliphatic rings. The van der Waals surface area contributed by atoms with Crippen molar-refractivity contribution in [2.45, 2.75) is 51.1 Å². The first-order chi connectivity index (χ1) is 17.7. The van der Waals surface area contributed by atoms with E-state index < -0.39 is 15.9 Å². The second-order valence-electron chi connectivity index (χ2n) is 10.0. The van der Waals surface area contributed by atoms with Crippen molar-refractivity contribution < 1.29 is 22.7 Å². The number of sulfonamides is 1. The number of fused-ring (bicyclic) bond motifs is 1. The number of carbonyl (C=O) groups is 1. The monoisotopic (exact) mass is 527 g/mol. The molecular formula is C26H33N5O5S. The molecule has 0 radical (unpaired) electrons. The molecule has 3 heterocycles. The lowest BCUT2D eigenvalue weighted by atomic mass is 9.82. The number of hydrogen-bond donors (Lipinski definition) is 1. The average molecular weight is 528 g/mol. The molecule has 2 aromatic heterocycles. The van der Waals surface area contributed by atoms with E-state index in [2.05, 4.69) is 23.7 Å². The summed E-state index contributed by atoms with van der Waals surface area (Å²) in [5, 5.41) is 5.71. The number of aromatic nitrogens is 3. The summed E-state index contributed by atoms with van der Waals surface area (Å²) in [4.78, 5) is 19.8. The molecule has 198 valence electrons. The topological polar surface area (TPSA) is 116 Å². The summed E-state index contributed by atoms with van der Waals surface area (Å²) in [5.41, 5.74) is 2.12. The lowest BCUT2D eigenvalue weighted by molar-refractivity contribution is -0.0776. The minimum atomic E-state index is -3.77.